The monoisotopic (exact) mass is 251 g/mol. The summed E-state index contributed by atoms with van der Waals surface area (Å²) >= 11 is 0. The van der Waals surface area contributed by atoms with Gasteiger partial charge in [0.2, 0.25) is 0 Å². The molecule has 3 heteroatoms. The largest absolute Gasteiger partial charge is 0.468 e. The van der Waals surface area contributed by atoms with Crippen LogP contribution in [0.3, 0.4) is 0 Å². The second kappa shape index (κ2) is 5.06. The van der Waals surface area contributed by atoms with Crippen LogP contribution in [0.2, 0.25) is 0 Å². The van der Waals surface area contributed by atoms with Gasteiger partial charge in [-0.1, -0.05) is 13.8 Å². The lowest BCUT2D eigenvalue weighted by molar-refractivity contribution is -0.0261. The highest BCUT2D eigenvalue weighted by molar-refractivity contribution is 5.03. The fraction of sp³-hybridized carbons (Fsp3) is 0.733. The molecule has 2 N–H and O–H groups in total. The highest BCUT2D eigenvalue weighted by atomic mass is 16.3. The first-order valence-corrected chi connectivity index (χ1v) is 6.89. The molecule has 1 aliphatic carbocycles. The molecule has 1 fully saturated rings. The summed E-state index contributed by atoms with van der Waals surface area (Å²) in [5.74, 6) is 0.926. The first-order chi connectivity index (χ1) is 8.40. The molecule has 0 saturated heterocycles. The lowest BCUT2D eigenvalue weighted by Crippen LogP contribution is -2.45. The van der Waals surface area contributed by atoms with Crippen molar-refractivity contribution in [2.45, 2.75) is 58.1 Å². The normalized spacial score (nSPS) is 23.8. The van der Waals surface area contributed by atoms with E-state index in [-0.39, 0.29) is 6.04 Å². The summed E-state index contributed by atoms with van der Waals surface area (Å²) in [7, 11) is 0. The molecule has 0 aliphatic heterocycles. The fourth-order valence-electron chi connectivity index (χ4n) is 2.55. The third kappa shape index (κ3) is 3.36. The minimum Gasteiger partial charge on any atom is -0.468 e. The Bertz CT molecular complexity index is 360. The fourth-order valence-corrected chi connectivity index (χ4v) is 2.55. The van der Waals surface area contributed by atoms with Crippen LogP contribution in [0.15, 0.2) is 22.8 Å². The average molecular weight is 251 g/mol. The minimum atomic E-state index is -0.545. The maximum Gasteiger partial charge on any atom is 0.120 e. The molecular formula is C15H25NO2. The van der Waals surface area contributed by atoms with E-state index in [1.54, 1.807) is 6.26 Å². The number of nitrogens with one attached hydrogen (secondary N) is 1. The maximum absolute atomic E-state index is 10.6. The minimum absolute atomic E-state index is 0.152. The van der Waals surface area contributed by atoms with Gasteiger partial charge in [0, 0.05) is 6.54 Å². The molecule has 1 aromatic rings. The molecule has 3 nitrogen and oxygen atoms in total. The van der Waals surface area contributed by atoms with Crippen LogP contribution in [0.1, 0.15) is 58.3 Å². The summed E-state index contributed by atoms with van der Waals surface area (Å²) in [4.78, 5) is 0. The molecule has 1 heterocycles. The van der Waals surface area contributed by atoms with Crippen LogP contribution in [0.25, 0.3) is 0 Å². The molecule has 0 aromatic carbocycles. The summed E-state index contributed by atoms with van der Waals surface area (Å²) < 4.78 is 5.36. The van der Waals surface area contributed by atoms with Crippen molar-refractivity contribution in [3.8, 4) is 0 Å². The van der Waals surface area contributed by atoms with Crippen molar-refractivity contribution >= 4 is 0 Å². The van der Waals surface area contributed by atoms with E-state index in [4.69, 9.17) is 4.42 Å². The van der Waals surface area contributed by atoms with Crippen molar-refractivity contribution in [3.05, 3.63) is 24.2 Å². The van der Waals surface area contributed by atoms with Crippen LogP contribution in [0.4, 0.5) is 0 Å². The molecule has 102 valence electrons. The van der Waals surface area contributed by atoms with E-state index in [0.717, 1.165) is 31.4 Å². The zero-order valence-corrected chi connectivity index (χ0v) is 11.7. The van der Waals surface area contributed by atoms with E-state index in [2.05, 4.69) is 26.1 Å². The molecule has 18 heavy (non-hydrogen) atoms. The van der Waals surface area contributed by atoms with Crippen molar-refractivity contribution < 1.29 is 9.52 Å². The Morgan fingerprint density at radius 2 is 2.00 bits per heavy atom. The second-order valence-electron chi connectivity index (χ2n) is 6.51. The van der Waals surface area contributed by atoms with Gasteiger partial charge in [0.25, 0.3) is 0 Å². The summed E-state index contributed by atoms with van der Waals surface area (Å²) in [6.45, 7) is 7.27. The van der Waals surface area contributed by atoms with Crippen molar-refractivity contribution in [1.29, 1.82) is 0 Å². The summed E-state index contributed by atoms with van der Waals surface area (Å²) in [6, 6.07) is 4.01. The van der Waals surface area contributed by atoms with Crippen LogP contribution < -0.4 is 5.32 Å². The molecule has 0 bridgehead atoms. The quantitative estimate of drug-likeness (QED) is 0.863. The van der Waals surface area contributed by atoms with Crippen LogP contribution in [-0.2, 0) is 0 Å². The van der Waals surface area contributed by atoms with E-state index in [1.165, 1.54) is 0 Å². The van der Waals surface area contributed by atoms with Gasteiger partial charge >= 0.3 is 0 Å². The highest BCUT2D eigenvalue weighted by Gasteiger charge is 2.36. The van der Waals surface area contributed by atoms with Crippen molar-refractivity contribution in [3.63, 3.8) is 0 Å². The Labute approximate surface area is 110 Å². The van der Waals surface area contributed by atoms with Crippen LogP contribution in [0, 0.1) is 5.41 Å². The summed E-state index contributed by atoms with van der Waals surface area (Å²) in [5, 5.41) is 13.9. The SMILES string of the molecule is CC(NCC1(O)CCC(C)(C)CC1)c1ccco1. The topological polar surface area (TPSA) is 45.4 Å². The summed E-state index contributed by atoms with van der Waals surface area (Å²) in [5.41, 5.74) is -0.158. The van der Waals surface area contributed by atoms with E-state index in [1.807, 2.05) is 12.1 Å². The van der Waals surface area contributed by atoms with E-state index in [9.17, 15) is 5.11 Å². The summed E-state index contributed by atoms with van der Waals surface area (Å²) in [6.07, 6.45) is 5.65. The van der Waals surface area contributed by atoms with Gasteiger partial charge in [-0.3, -0.25) is 0 Å². The number of rotatable bonds is 4. The van der Waals surface area contributed by atoms with Gasteiger partial charge in [-0.25, -0.2) is 0 Å². The van der Waals surface area contributed by atoms with Crippen LogP contribution in [0.5, 0.6) is 0 Å². The van der Waals surface area contributed by atoms with E-state index >= 15 is 0 Å². The van der Waals surface area contributed by atoms with Gasteiger partial charge in [-0.2, -0.15) is 0 Å². The number of hydrogen-bond acceptors (Lipinski definition) is 3. The lowest BCUT2D eigenvalue weighted by Gasteiger charge is -2.40. The van der Waals surface area contributed by atoms with Gasteiger partial charge in [0.15, 0.2) is 0 Å². The van der Waals surface area contributed by atoms with Gasteiger partial charge in [0.1, 0.15) is 5.76 Å². The molecule has 1 aromatic heterocycles. The predicted octanol–water partition coefficient (Wildman–Crippen LogP) is 3.26. The standard InChI is InChI=1S/C15H25NO2/c1-12(13-5-4-10-18-13)16-11-15(17)8-6-14(2,3)7-9-15/h4-5,10,12,16-17H,6-9,11H2,1-3H3. The third-order valence-electron chi connectivity index (χ3n) is 4.24. The van der Waals surface area contributed by atoms with Gasteiger partial charge in [0.05, 0.1) is 17.9 Å². The average Bonchev–Trinajstić information content (AvgIpc) is 2.85. The first kappa shape index (κ1) is 13.6. The lowest BCUT2D eigenvalue weighted by atomic mass is 9.71. The third-order valence-corrected chi connectivity index (χ3v) is 4.24. The van der Waals surface area contributed by atoms with Crippen molar-refractivity contribution in [2.24, 2.45) is 5.41 Å². The zero-order chi connectivity index (χ0) is 13.2. The number of furan rings is 1. The van der Waals surface area contributed by atoms with Crippen LogP contribution in [-0.4, -0.2) is 17.3 Å². The van der Waals surface area contributed by atoms with Gasteiger partial charge in [-0.15, -0.1) is 0 Å². The van der Waals surface area contributed by atoms with E-state index in [0.29, 0.717) is 12.0 Å². The van der Waals surface area contributed by atoms with Crippen LogP contribution >= 0.6 is 0 Å². The van der Waals surface area contributed by atoms with Crippen molar-refractivity contribution in [1.82, 2.24) is 5.32 Å². The molecule has 1 unspecified atom stereocenters. The molecular weight excluding hydrogens is 226 g/mol. The van der Waals surface area contributed by atoms with Gasteiger partial charge in [-0.05, 0) is 50.2 Å². The Hall–Kier alpha value is -0.800. The van der Waals surface area contributed by atoms with Gasteiger partial charge < -0.3 is 14.8 Å². The molecule has 1 aliphatic rings. The molecule has 2 rings (SSSR count). The second-order valence-corrected chi connectivity index (χ2v) is 6.51. The number of aliphatic hydroxyl groups is 1. The zero-order valence-electron chi connectivity index (χ0n) is 11.7. The molecule has 1 atom stereocenters. The molecule has 0 spiro atoms. The van der Waals surface area contributed by atoms with E-state index < -0.39 is 5.60 Å². The smallest absolute Gasteiger partial charge is 0.120 e. The number of hydrogen-bond donors (Lipinski definition) is 2. The molecule has 0 amide bonds. The highest BCUT2D eigenvalue weighted by Crippen LogP contribution is 2.40. The first-order valence-electron chi connectivity index (χ1n) is 6.89. The Morgan fingerprint density at radius 1 is 1.33 bits per heavy atom. The Balaban J connectivity index is 1.83. The Morgan fingerprint density at radius 3 is 2.56 bits per heavy atom. The molecule has 1 saturated carbocycles. The maximum atomic E-state index is 10.6. The Kier molecular flexibility index (Phi) is 3.83. The molecule has 0 radical (unpaired) electrons. The predicted molar refractivity (Wildman–Crippen MR) is 72.3 cm³/mol. The van der Waals surface area contributed by atoms with Crippen molar-refractivity contribution in [2.75, 3.05) is 6.54 Å².